The molecule has 0 fully saturated rings. The molecule has 69 heavy (non-hydrogen) atoms. The molecule has 0 atom stereocenters. The molecule has 2 aromatic heterocycles. The van der Waals surface area contributed by atoms with Crippen molar-refractivity contribution in [3.63, 3.8) is 0 Å². The van der Waals surface area contributed by atoms with E-state index in [-0.39, 0.29) is 21.0 Å². The largest absolute Gasteiger partial charge is 0.384 e. The van der Waals surface area contributed by atoms with Crippen LogP contribution in [-0.2, 0) is 30.5 Å². The Morgan fingerprint density at radius 2 is 1.12 bits per heavy atom. The quantitative estimate of drug-likeness (QED) is 0.170. The van der Waals surface area contributed by atoms with E-state index in [2.05, 4.69) is 124 Å². The molecule has 0 saturated heterocycles. The van der Waals surface area contributed by atoms with Gasteiger partial charge in [0, 0.05) is 89.0 Å². The Bertz CT molecular complexity index is 3610. The molecule has 1 N–H and O–H groups in total. The van der Waals surface area contributed by atoms with Crippen molar-refractivity contribution in [2.75, 3.05) is 35.8 Å². The molecule has 10 rings (SSSR count). The number of rotatable bonds is 5. The van der Waals surface area contributed by atoms with Gasteiger partial charge in [0.05, 0.1) is 42.9 Å². The standard InChI is InChI=1S/C27H24FIN2O2S.C17H13ClFNO2S.C10H12IN/c1-16-25(20-7-5-6-8-24(20)34(4,32)33)30-22-13-17(28)9-11-19(22)26(16)31-15-27(2,3)21-12-10-18(29)14-23(21)31;1-10-16(18)12-8-7-11(19)9-14(12)20-17(10)13-5-3-4-6-15(13)23(2,21)22;1-10(2)6-12-9-5-7(11)3-4-8(9)10/h5-14H,15H2,1-4H3;3-9H,1-2H3;3-5,12H,6H2,1-2H3. The van der Waals surface area contributed by atoms with Crippen LogP contribution in [0.1, 0.15) is 49.9 Å². The van der Waals surface area contributed by atoms with Crippen LogP contribution in [0.3, 0.4) is 0 Å². The fourth-order valence-corrected chi connectivity index (χ4v) is 12.2. The summed E-state index contributed by atoms with van der Waals surface area (Å²) >= 11 is 11.1. The molecule has 2 aliphatic heterocycles. The fraction of sp³-hybridized carbons (Fsp3) is 0.222. The first-order chi connectivity index (χ1) is 32.4. The van der Waals surface area contributed by atoms with Gasteiger partial charge in [-0.1, -0.05) is 87.8 Å². The molecular weight excluding hydrogens is 1160 g/mol. The molecule has 0 unspecified atom stereocenters. The minimum Gasteiger partial charge on any atom is -0.384 e. The zero-order chi connectivity index (χ0) is 50.0. The molecule has 6 aromatic carbocycles. The number of benzene rings is 6. The van der Waals surface area contributed by atoms with Gasteiger partial charge in [-0.15, -0.1) is 0 Å². The van der Waals surface area contributed by atoms with Crippen LogP contribution in [0.5, 0.6) is 0 Å². The predicted octanol–water partition coefficient (Wildman–Crippen LogP) is 14.2. The molecule has 15 heteroatoms. The van der Waals surface area contributed by atoms with E-state index in [0.717, 1.165) is 45.2 Å². The van der Waals surface area contributed by atoms with E-state index in [4.69, 9.17) is 16.6 Å². The Morgan fingerprint density at radius 1 is 0.623 bits per heavy atom. The molecule has 4 heterocycles. The minimum atomic E-state index is -3.49. The second-order valence-electron chi connectivity index (χ2n) is 18.8. The van der Waals surface area contributed by atoms with Crippen molar-refractivity contribution in [3.8, 4) is 22.5 Å². The lowest BCUT2D eigenvalue weighted by atomic mass is 9.87. The van der Waals surface area contributed by atoms with Crippen molar-refractivity contribution < 1.29 is 25.6 Å². The highest BCUT2D eigenvalue weighted by Crippen LogP contribution is 2.49. The highest BCUT2D eigenvalue weighted by Gasteiger charge is 2.38. The van der Waals surface area contributed by atoms with Crippen molar-refractivity contribution in [3.05, 3.63) is 167 Å². The summed E-state index contributed by atoms with van der Waals surface area (Å²) in [6, 6.07) is 35.3. The number of hydrogen-bond donors (Lipinski definition) is 1. The van der Waals surface area contributed by atoms with Gasteiger partial charge in [0.2, 0.25) is 0 Å². The van der Waals surface area contributed by atoms with Crippen LogP contribution in [-0.4, -0.2) is 52.4 Å². The average molecular weight is 1210 g/mol. The van der Waals surface area contributed by atoms with Gasteiger partial charge in [-0.2, -0.15) is 0 Å². The second-order valence-corrected chi connectivity index (χ2v) is 25.6. The molecule has 0 aliphatic carbocycles. The van der Waals surface area contributed by atoms with E-state index in [1.54, 1.807) is 61.5 Å². The van der Waals surface area contributed by atoms with Crippen LogP contribution in [0.15, 0.2) is 131 Å². The van der Waals surface area contributed by atoms with Crippen molar-refractivity contribution in [2.45, 2.75) is 62.2 Å². The Balaban J connectivity index is 0.000000157. The first kappa shape index (κ1) is 50.6. The number of nitrogens with zero attached hydrogens (tertiary/aromatic N) is 3. The van der Waals surface area contributed by atoms with Gasteiger partial charge in [-0.25, -0.2) is 35.6 Å². The van der Waals surface area contributed by atoms with Gasteiger partial charge in [0.1, 0.15) is 11.6 Å². The van der Waals surface area contributed by atoms with Gasteiger partial charge in [-0.05, 0) is 142 Å². The van der Waals surface area contributed by atoms with E-state index in [9.17, 15) is 25.6 Å². The van der Waals surface area contributed by atoms with Gasteiger partial charge in [0.25, 0.3) is 0 Å². The van der Waals surface area contributed by atoms with E-state index in [1.807, 2.05) is 6.92 Å². The average Bonchev–Trinajstić information content (AvgIpc) is 3.73. The van der Waals surface area contributed by atoms with E-state index in [0.29, 0.717) is 54.9 Å². The van der Waals surface area contributed by atoms with Crippen LogP contribution < -0.4 is 10.2 Å². The number of nitrogens with one attached hydrogen (secondary N) is 1. The van der Waals surface area contributed by atoms with Crippen molar-refractivity contribution >= 4 is 115 Å². The first-order valence-corrected chi connectivity index (χ1v) is 28.2. The Labute approximate surface area is 435 Å². The van der Waals surface area contributed by atoms with E-state index in [1.165, 1.54) is 57.0 Å². The Kier molecular flexibility index (Phi) is 14.0. The Morgan fingerprint density at radius 3 is 1.68 bits per heavy atom. The van der Waals surface area contributed by atoms with Gasteiger partial charge >= 0.3 is 0 Å². The van der Waals surface area contributed by atoms with Gasteiger partial charge in [0.15, 0.2) is 19.7 Å². The third-order valence-corrected chi connectivity index (χ3v) is 16.7. The summed E-state index contributed by atoms with van der Waals surface area (Å²) in [6.07, 6.45) is 2.34. The van der Waals surface area contributed by atoms with Crippen molar-refractivity contribution in [1.82, 2.24) is 9.97 Å². The molecule has 0 spiro atoms. The summed E-state index contributed by atoms with van der Waals surface area (Å²) in [5.41, 5.74) is 10.6. The number of pyridine rings is 2. The predicted molar refractivity (Wildman–Crippen MR) is 295 cm³/mol. The zero-order valence-electron chi connectivity index (χ0n) is 39.1. The summed E-state index contributed by atoms with van der Waals surface area (Å²) in [6.45, 7) is 14.5. The maximum absolute atomic E-state index is 14.3. The number of halogens is 5. The topological polar surface area (TPSA) is 109 Å². The lowest BCUT2D eigenvalue weighted by molar-refractivity contribution is 0.569. The summed E-state index contributed by atoms with van der Waals surface area (Å²) < 4.78 is 79.4. The molecule has 0 radical (unpaired) electrons. The third kappa shape index (κ3) is 10.2. The number of anilines is 3. The molecular formula is C54H49ClF2I2N4O4S2. The first-order valence-electron chi connectivity index (χ1n) is 21.9. The number of hydrogen-bond acceptors (Lipinski definition) is 8. The van der Waals surface area contributed by atoms with Crippen LogP contribution in [0.25, 0.3) is 44.3 Å². The lowest BCUT2D eigenvalue weighted by Gasteiger charge is -2.27. The molecule has 2 aliphatic rings. The SMILES string of the molecule is CC1(C)CNc2cc(I)ccc21.Cc1c(-c2ccccc2S(C)(=O)=O)nc2cc(F)ccc2c1Cl.Cc1c(-c2ccccc2S(C)(=O)=O)nc2cc(F)ccc2c1N1CC(C)(C)c2ccc(I)cc21. The fourth-order valence-electron chi connectivity index (χ4n) is 9.18. The summed E-state index contributed by atoms with van der Waals surface area (Å²) in [5.74, 6) is -0.805. The molecule has 0 bridgehead atoms. The second kappa shape index (κ2) is 19.1. The van der Waals surface area contributed by atoms with Gasteiger partial charge < -0.3 is 10.2 Å². The van der Waals surface area contributed by atoms with Crippen molar-refractivity contribution in [1.29, 1.82) is 0 Å². The highest BCUT2D eigenvalue weighted by atomic mass is 127. The molecule has 8 nitrogen and oxygen atoms in total. The molecule has 0 amide bonds. The minimum absolute atomic E-state index is 0.0907. The third-order valence-electron chi connectivity index (χ3n) is 12.6. The molecule has 0 saturated carbocycles. The lowest BCUT2D eigenvalue weighted by Crippen LogP contribution is -2.26. The maximum Gasteiger partial charge on any atom is 0.176 e. The van der Waals surface area contributed by atoms with E-state index >= 15 is 0 Å². The zero-order valence-corrected chi connectivity index (χ0v) is 45.8. The van der Waals surface area contributed by atoms with Crippen LogP contribution in [0.2, 0.25) is 5.02 Å². The summed E-state index contributed by atoms with van der Waals surface area (Å²) in [4.78, 5) is 11.9. The number of aromatic nitrogens is 2. The maximum atomic E-state index is 14.3. The summed E-state index contributed by atoms with van der Waals surface area (Å²) in [5, 5.41) is 5.33. The van der Waals surface area contributed by atoms with Crippen LogP contribution >= 0.6 is 56.8 Å². The molecule has 356 valence electrons. The monoisotopic (exact) mass is 1210 g/mol. The highest BCUT2D eigenvalue weighted by molar-refractivity contribution is 14.1. The number of fused-ring (bicyclic) bond motifs is 4. The normalized spacial score (nSPS) is 14.6. The van der Waals surface area contributed by atoms with E-state index < -0.39 is 25.5 Å². The van der Waals surface area contributed by atoms with Crippen LogP contribution in [0, 0.1) is 32.6 Å². The van der Waals surface area contributed by atoms with Crippen LogP contribution in [0.4, 0.5) is 25.8 Å². The van der Waals surface area contributed by atoms with Crippen molar-refractivity contribution in [2.24, 2.45) is 0 Å². The number of sulfone groups is 2. The Hall–Kier alpha value is -4.75. The van der Waals surface area contributed by atoms with Gasteiger partial charge in [-0.3, -0.25) is 0 Å². The summed E-state index contributed by atoms with van der Waals surface area (Å²) in [7, 11) is -6.92. The molecule has 8 aromatic rings. The smallest absolute Gasteiger partial charge is 0.176 e.